The Bertz CT molecular complexity index is 650. The predicted octanol–water partition coefficient (Wildman–Crippen LogP) is 1.07. The number of nitrogens with zero attached hydrogens (tertiary/aromatic N) is 1. The number of Topliss-reactive ketones (excluding diaryl/α,β-unsaturated/α-hetero) is 1. The van der Waals surface area contributed by atoms with Gasteiger partial charge in [0.15, 0.2) is 5.78 Å². The predicted molar refractivity (Wildman–Crippen MR) is 75.3 cm³/mol. The van der Waals surface area contributed by atoms with E-state index in [0.29, 0.717) is 12.0 Å². The van der Waals surface area contributed by atoms with E-state index in [0.717, 1.165) is 0 Å². The van der Waals surface area contributed by atoms with E-state index in [1.165, 1.54) is 42.6 Å². The number of sulfonamides is 1. The molecular formula is C14H17NO5S. The normalized spacial score (nSPS) is 19.4. The summed E-state index contributed by atoms with van der Waals surface area (Å²) < 4.78 is 30.8. The van der Waals surface area contributed by atoms with Gasteiger partial charge in [0.05, 0.1) is 17.9 Å². The Balaban J connectivity index is 2.19. The van der Waals surface area contributed by atoms with Crippen molar-refractivity contribution in [2.45, 2.75) is 18.2 Å². The maximum Gasteiger partial charge on any atom is 0.310 e. The van der Waals surface area contributed by atoms with E-state index in [1.807, 2.05) is 0 Å². The molecule has 1 saturated heterocycles. The van der Waals surface area contributed by atoms with Gasteiger partial charge in [-0.25, -0.2) is 8.42 Å². The average Bonchev–Trinajstić information content (AvgIpc) is 2.97. The van der Waals surface area contributed by atoms with Gasteiger partial charge >= 0.3 is 5.97 Å². The Morgan fingerprint density at radius 1 is 1.24 bits per heavy atom. The molecule has 0 saturated carbocycles. The molecule has 1 heterocycles. The maximum atomic E-state index is 12.5. The van der Waals surface area contributed by atoms with E-state index >= 15 is 0 Å². The lowest BCUT2D eigenvalue weighted by Crippen LogP contribution is -2.30. The average molecular weight is 311 g/mol. The zero-order valence-electron chi connectivity index (χ0n) is 11.9. The molecule has 1 aromatic carbocycles. The van der Waals surface area contributed by atoms with Gasteiger partial charge in [0.1, 0.15) is 0 Å². The van der Waals surface area contributed by atoms with Crippen molar-refractivity contribution in [3.05, 3.63) is 29.8 Å². The van der Waals surface area contributed by atoms with Gasteiger partial charge in [-0.1, -0.05) is 12.1 Å². The Labute approximate surface area is 123 Å². The van der Waals surface area contributed by atoms with Gasteiger partial charge < -0.3 is 4.74 Å². The largest absolute Gasteiger partial charge is 0.469 e. The molecule has 2 rings (SSSR count). The summed E-state index contributed by atoms with van der Waals surface area (Å²) in [5.41, 5.74) is 0.461. The summed E-state index contributed by atoms with van der Waals surface area (Å²) >= 11 is 0. The van der Waals surface area contributed by atoms with E-state index in [-0.39, 0.29) is 29.7 Å². The van der Waals surface area contributed by atoms with E-state index in [4.69, 9.17) is 0 Å². The van der Waals surface area contributed by atoms with Crippen molar-refractivity contribution in [1.82, 2.24) is 4.31 Å². The molecule has 7 heteroatoms. The van der Waals surface area contributed by atoms with Crippen LogP contribution in [0, 0.1) is 5.92 Å². The Morgan fingerprint density at radius 2 is 1.86 bits per heavy atom. The number of carbonyl (C=O) groups excluding carboxylic acids is 2. The Morgan fingerprint density at radius 3 is 2.38 bits per heavy atom. The van der Waals surface area contributed by atoms with Crippen molar-refractivity contribution >= 4 is 21.8 Å². The number of rotatable bonds is 4. The number of ketones is 1. The summed E-state index contributed by atoms with van der Waals surface area (Å²) in [6.07, 6.45) is 0.456. The van der Waals surface area contributed by atoms with Crippen LogP contribution in [0.25, 0.3) is 0 Å². The van der Waals surface area contributed by atoms with Crippen LogP contribution in [0.1, 0.15) is 23.7 Å². The highest BCUT2D eigenvalue weighted by atomic mass is 32.2. The van der Waals surface area contributed by atoms with Crippen LogP contribution in [-0.2, 0) is 19.6 Å². The number of hydrogen-bond donors (Lipinski definition) is 0. The third-order valence-electron chi connectivity index (χ3n) is 3.58. The first-order chi connectivity index (χ1) is 9.86. The fraction of sp³-hybridized carbons (Fsp3) is 0.429. The maximum absolute atomic E-state index is 12.5. The first-order valence-electron chi connectivity index (χ1n) is 6.55. The molecule has 1 aromatic rings. The summed E-state index contributed by atoms with van der Waals surface area (Å²) in [5.74, 6) is -0.924. The van der Waals surface area contributed by atoms with Crippen LogP contribution < -0.4 is 0 Å². The summed E-state index contributed by atoms with van der Waals surface area (Å²) in [4.78, 5) is 22.8. The van der Waals surface area contributed by atoms with Crippen molar-refractivity contribution in [3.8, 4) is 0 Å². The number of benzene rings is 1. The van der Waals surface area contributed by atoms with Crippen LogP contribution >= 0.6 is 0 Å². The number of carbonyl (C=O) groups is 2. The minimum atomic E-state index is -3.64. The van der Waals surface area contributed by atoms with Crippen molar-refractivity contribution < 1.29 is 22.7 Å². The third kappa shape index (κ3) is 3.14. The lowest BCUT2D eigenvalue weighted by molar-refractivity contribution is -0.144. The van der Waals surface area contributed by atoms with Crippen molar-refractivity contribution in [1.29, 1.82) is 0 Å². The highest BCUT2D eigenvalue weighted by Gasteiger charge is 2.36. The van der Waals surface area contributed by atoms with Gasteiger partial charge in [0.2, 0.25) is 10.0 Å². The molecule has 0 radical (unpaired) electrons. The standard InChI is InChI=1S/C14H17NO5S/c1-10(16)11-3-5-13(6-4-11)21(18,19)15-8-7-12(9-15)14(17)20-2/h3-6,12H,7-9H2,1-2H3. The molecule has 0 aromatic heterocycles. The van der Waals surface area contributed by atoms with Gasteiger partial charge in [0, 0.05) is 18.7 Å². The molecule has 1 atom stereocenters. The molecular weight excluding hydrogens is 294 g/mol. The van der Waals surface area contributed by atoms with E-state index in [2.05, 4.69) is 4.74 Å². The Kier molecular flexibility index (Phi) is 4.43. The first kappa shape index (κ1) is 15.7. The molecule has 1 fully saturated rings. The van der Waals surface area contributed by atoms with Gasteiger partial charge in [-0.05, 0) is 25.5 Å². The topological polar surface area (TPSA) is 80.8 Å². The van der Waals surface area contributed by atoms with E-state index in [1.54, 1.807) is 0 Å². The summed E-state index contributed by atoms with van der Waals surface area (Å²) in [7, 11) is -2.35. The lowest BCUT2D eigenvalue weighted by Gasteiger charge is -2.16. The van der Waals surface area contributed by atoms with Gasteiger partial charge in [-0.2, -0.15) is 4.31 Å². The van der Waals surface area contributed by atoms with Crippen molar-refractivity contribution in [2.24, 2.45) is 5.92 Å². The first-order valence-corrected chi connectivity index (χ1v) is 7.99. The second-order valence-corrected chi connectivity index (χ2v) is 6.89. The summed E-state index contributed by atoms with van der Waals surface area (Å²) in [6, 6.07) is 5.81. The van der Waals surface area contributed by atoms with Crippen molar-refractivity contribution in [3.63, 3.8) is 0 Å². The molecule has 1 aliphatic heterocycles. The fourth-order valence-corrected chi connectivity index (χ4v) is 3.82. The second-order valence-electron chi connectivity index (χ2n) is 4.95. The molecule has 21 heavy (non-hydrogen) atoms. The minimum Gasteiger partial charge on any atom is -0.469 e. The molecule has 6 nitrogen and oxygen atoms in total. The van der Waals surface area contributed by atoms with Gasteiger partial charge in [0.25, 0.3) is 0 Å². The number of hydrogen-bond acceptors (Lipinski definition) is 5. The smallest absolute Gasteiger partial charge is 0.310 e. The van der Waals surface area contributed by atoms with Crippen LogP contribution in [0.15, 0.2) is 29.2 Å². The zero-order valence-corrected chi connectivity index (χ0v) is 12.7. The van der Waals surface area contributed by atoms with Crippen LogP contribution in [0.4, 0.5) is 0 Å². The van der Waals surface area contributed by atoms with E-state index in [9.17, 15) is 18.0 Å². The van der Waals surface area contributed by atoms with E-state index < -0.39 is 15.9 Å². The highest BCUT2D eigenvalue weighted by molar-refractivity contribution is 7.89. The molecule has 114 valence electrons. The summed E-state index contributed by atoms with van der Waals surface area (Å²) in [6.45, 7) is 1.84. The lowest BCUT2D eigenvalue weighted by atomic mass is 10.1. The highest BCUT2D eigenvalue weighted by Crippen LogP contribution is 2.25. The quantitative estimate of drug-likeness (QED) is 0.614. The van der Waals surface area contributed by atoms with Gasteiger partial charge in [-0.15, -0.1) is 0 Å². The molecule has 0 amide bonds. The van der Waals surface area contributed by atoms with Crippen LogP contribution in [-0.4, -0.2) is 44.7 Å². The van der Waals surface area contributed by atoms with Crippen LogP contribution in [0.2, 0.25) is 0 Å². The molecule has 0 spiro atoms. The third-order valence-corrected chi connectivity index (χ3v) is 5.46. The summed E-state index contributed by atoms with van der Waals surface area (Å²) in [5, 5.41) is 0. The number of esters is 1. The molecule has 0 N–H and O–H groups in total. The molecule has 1 aliphatic rings. The van der Waals surface area contributed by atoms with Crippen LogP contribution in [0.5, 0.6) is 0 Å². The van der Waals surface area contributed by atoms with Crippen LogP contribution in [0.3, 0.4) is 0 Å². The minimum absolute atomic E-state index is 0.120. The molecule has 0 aliphatic carbocycles. The monoisotopic (exact) mass is 311 g/mol. The number of ether oxygens (including phenoxy) is 1. The molecule has 0 bridgehead atoms. The SMILES string of the molecule is COC(=O)C1CCN(S(=O)(=O)c2ccc(C(C)=O)cc2)C1. The van der Waals surface area contributed by atoms with Gasteiger partial charge in [-0.3, -0.25) is 9.59 Å². The second kappa shape index (κ2) is 5.95. The molecule has 1 unspecified atom stereocenters. The Hall–Kier alpha value is -1.73. The fourth-order valence-electron chi connectivity index (χ4n) is 2.32. The zero-order chi connectivity index (χ0) is 15.6. The number of methoxy groups -OCH3 is 1. The van der Waals surface area contributed by atoms with Crippen molar-refractivity contribution in [2.75, 3.05) is 20.2 Å².